The second kappa shape index (κ2) is 4.62. The summed E-state index contributed by atoms with van der Waals surface area (Å²) in [5, 5.41) is 5.45. The minimum atomic E-state index is 0.131. The zero-order valence-electron chi connectivity index (χ0n) is 10.7. The molecular weight excluding hydrogens is 212 g/mol. The van der Waals surface area contributed by atoms with Crippen molar-refractivity contribution in [3.8, 4) is 5.88 Å². The van der Waals surface area contributed by atoms with Gasteiger partial charge in [0.2, 0.25) is 5.88 Å². The molecule has 0 radical (unpaired) electrons. The average molecular weight is 230 g/mol. The number of hydrogen-bond donors (Lipinski definition) is 1. The number of fused-ring (bicyclic) bond motifs is 1. The van der Waals surface area contributed by atoms with Crippen LogP contribution in [0.1, 0.15) is 19.4 Å². The summed E-state index contributed by atoms with van der Waals surface area (Å²) in [5.74, 6) is 0.706. The molecule has 0 aliphatic carbocycles. The third-order valence-corrected chi connectivity index (χ3v) is 2.68. The van der Waals surface area contributed by atoms with Crippen molar-refractivity contribution in [1.29, 1.82) is 0 Å². The molecule has 17 heavy (non-hydrogen) atoms. The Morgan fingerprint density at radius 2 is 2.06 bits per heavy atom. The van der Waals surface area contributed by atoms with Crippen molar-refractivity contribution in [1.82, 2.24) is 4.98 Å². The van der Waals surface area contributed by atoms with E-state index in [1.54, 1.807) is 0 Å². The molecule has 0 fully saturated rings. The van der Waals surface area contributed by atoms with E-state index in [2.05, 4.69) is 23.3 Å². The van der Waals surface area contributed by atoms with Gasteiger partial charge < -0.3 is 10.1 Å². The predicted octanol–water partition coefficient (Wildman–Crippen LogP) is 3.37. The number of rotatable bonds is 3. The fourth-order valence-electron chi connectivity index (χ4n) is 1.97. The number of nitrogens with one attached hydrogen (secondary N) is 1. The van der Waals surface area contributed by atoms with E-state index < -0.39 is 0 Å². The number of hydrogen-bond acceptors (Lipinski definition) is 3. The molecule has 2 rings (SSSR count). The molecule has 1 aromatic carbocycles. The van der Waals surface area contributed by atoms with Crippen LogP contribution in [-0.4, -0.2) is 18.1 Å². The van der Waals surface area contributed by atoms with Gasteiger partial charge in [0, 0.05) is 29.7 Å². The summed E-state index contributed by atoms with van der Waals surface area (Å²) in [6, 6.07) is 6.13. The summed E-state index contributed by atoms with van der Waals surface area (Å²) in [5.41, 5.74) is 2.26. The first-order chi connectivity index (χ1) is 8.13. The number of pyridine rings is 1. The zero-order chi connectivity index (χ0) is 12.4. The predicted molar refractivity (Wildman–Crippen MR) is 71.8 cm³/mol. The lowest BCUT2D eigenvalue weighted by molar-refractivity contribution is 0.236. The van der Waals surface area contributed by atoms with Gasteiger partial charge in [0.25, 0.3) is 0 Å². The fraction of sp³-hybridized carbons (Fsp3) is 0.357. The highest BCUT2D eigenvalue weighted by molar-refractivity contribution is 5.98. The number of ether oxygens (including phenoxy) is 1. The number of anilines is 1. The van der Waals surface area contributed by atoms with Crippen LogP contribution >= 0.6 is 0 Å². The van der Waals surface area contributed by atoms with Gasteiger partial charge in [-0.25, -0.2) is 4.98 Å². The minimum absolute atomic E-state index is 0.131. The lowest BCUT2D eigenvalue weighted by Crippen LogP contribution is -2.07. The van der Waals surface area contributed by atoms with Gasteiger partial charge in [-0.15, -0.1) is 0 Å². The van der Waals surface area contributed by atoms with Crippen LogP contribution in [0.4, 0.5) is 5.69 Å². The molecule has 3 nitrogen and oxygen atoms in total. The van der Waals surface area contributed by atoms with Crippen molar-refractivity contribution in [2.24, 2.45) is 0 Å². The molecule has 0 atom stereocenters. The highest BCUT2D eigenvalue weighted by Crippen LogP contribution is 2.31. The van der Waals surface area contributed by atoms with Gasteiger partial charge in [-0.2, -0.15) is 0 Å². The highest BCUT2D eigenvalue weighted by Gasteiger charge is 2.10. The van der Waals surface area contributed by atoms with E-state index in [1.807, 2.05) is 39.2 Å². The molecule has 1 heterocycles. The first-order valence-electron chi connectivity index (χ1n) is 5.86. The molecule has 0 aliphatic heterocycles. The molecule has 1 N–H and O–H groups in total. The Labute approximate surface area is 102 Å². The van der Waals surface area contributed by atoms with Crippen LogP contribution in [-0.2, 0) is 0 Å². The smallest absolute Gasteiger partial charge is 0.221 e. The van der Waals surface area contributed by atoms with Gasteiger partial charge in [-0.3, -0.25) is 0 Å². The van der Waals surface area contributed by atoms with E-state index in [9.17, 15) is 0 Å². The Kier molecular flexibility index (Phi) is 3.18. The Balaban J connectivity index is 2.69. The van der Waals surface area contributed by atoms with Gasteiger partial charge >= 0.3 is 0 Å². The number of aryl methyl sites for hydroxylation is 1. The maximum Gasteiger partial charge on any atom is 0.221 e. The van der Waals surface area contributed by atoms with Gasteiger partial charge in [-0.1, -0.05) is 6.07 Å². The maximum absolute atomic E-state index is 5.74. The van der Waals surface area contributed by atoms with E-state index in [0.29, 0.717) is 5.88 Å². The van der Waals surface area contributed by atoms with E-state index in [0.717, 1.165) is 16.6 Å². The summed E-state index contributed by atoms with van der Waals surface area (Å²) in [7, 11) is 1.93. The zero-order valence-corrected chi connectivity index (χ0v) is 10.7. The van der Waals surface area contributed by atoms with Gasteiger partial charge in [0.05, 0.1) is 6.10 Å². The normalized spacial score (nSPS) is 10.9. The second-order valence-electron chi connectivity index (χ2n) is 4.39. The lowest BCUT2D eigenvalue weighted by atomic mass is 10.1. The second-order valence-corrected chi connectivity index (χ2v) is 4.39. The molecule has 0 bridgehead atoms. The van der Waals surface area contributed by atoms with E-state index in [-0.39, 0.29) is 6.10 Å². The first kappa shape index (κ1) is 11.7. The molecule has 0 saturated heterocycles. The van der Waals surface area contributed by atoms with Crippen molar-refractivity contribution in [3.63, 3.8) is 0 Å². The Bertz CT molecular complexity index is 535. The number of nitrogens with zero attached hydrogens (tertiary/aromatic N) is 1. The van der Waals surface area contributed by atoms with E-state index in [1.165, 1.54) is 5.39 Å². The third kappa shape index (κ3) is 2.18. The molecule has 2 aromatic rings. The molecule has 0 unspecified atom stereocenters. The Morgan fingerprint density at radius 1 is 1.29 bits per heavy atom. The van der Waals surface area contributed by atoms with Crippen LogP contribution in [0, 0.1) is 6.92 Å². The van der Waals surface area contributed by atoms with Crippen molar-refractivity contribution in [2.45, 2.75) is 26.9 Å². The summed E-state index contributed by atoms with van der Waals surface area (Å²) < 4.78 is 5.74. The van der Waals surface area contributed by atoms with Crippen molar-refractivity contribution in [2.75, 3.05) is 12.4 Å². The minimum Gasteiger partial charge on any atom is -0.475 e. The van der Waals surface area contributed by atoms with Crippen molar-refractivity contribution < 1.29 is 4.74 Å². The summed E-state index contributed by atoms with van der Waals surface area (Å²) in [6.45, 7) is 6.08. The fourth-order valence-corrected chi connectivity index (χ4v) is 1.97. The molecular formula is C14H18N2O. The lowest BCUT2D eigenvalue weighted by Gasteiger charge is -2.14. The quantitative estimate of drug-likeness (QED) is 0.877. The maximum atomic E-state index is 5.74. The van der Waals surface area contributed by atoms with Crippen LogP contribution in [0.3, 0.4) is 0 Å². The Hall–Kier alpha value is -1.77. The largest absolute Gasteiger partial charge is 0.475 e. The monoisotopic (exact) mass is 230 g/mol. The van der Waals surface area contributed by atoms with Crippen LogP contribution in [0.2, 0.25) is 0 Å². The van der Waals surface area contributed by atoms with Gasteiger partial charge in [-0.05, 0) is 38.5 Å². The topological polar surface area (TPSA) is 34.1 Å². The van der Waals surface area contributed by atoms with E-state index in [4.69, 9.17) is 4.74 Å². The highest BCUT2D eigenvalue weighted by atomic mass is 16.5. The Morgan fingerprint density at radius 3 is 2.71 bits per heavy atom. The molecule has 1 aromatic heterocycles. The van der Waals surface area contributed by atoms with Crippen molar-refractivity contribution >= 4 is 16.5 Å². The molecule has 0 amide bonds. The molecule has 90 valence electrons. The summed E-state index contributed by atoms with van der Waals surface area (Å²) in [6.07, 6.45) is 1.99. The average Bonchev–Trinajstić information content (AvgIpc) is 2.31. The molecule has 0 spiro atoms. The number of benzene rings is 1. The van der Waals surface area contributed by atoms with Crippen molar-refractivity contribution in [3.05, 3.63) is 30.0 Å². The number of aromatic nitrogens is 1. The molecule has 0 saturated carbocycles. The van der Waals surface area contributed by atoms with Gasteiger partial charge in [0.15, 0.2) is 0 Å². The first-order valence-corrected chi connectivity index (χ1v) is 5.86. The van der Waals surface area contributed by atoms with Crippen LogP contribution in [0.25, 0.3) is 10.8 Å². The van der Waals surface area contributed by atoms with Crippen LogP contribution in [0.5, 0.6) is 5.88 Å². The third-order valence-electron chi connectivity index (χ3n) is 2.68. The van der Waals surface area contributed by atoms with E-state index >= 15 is 0 Å². The summed E-state index contributed by atoms with van der Waals surface area (Å²) >= 11 is 0. The van der Waals surface area contributed by atoms with Gasteiger partial charge in [0.1, 0.15) is 0 Å². The molecule has 3 heteroatoms. The van der Waals surface area contributed by atoms with Crippen LogP contribution in [0.15, 0.2) is 24.4 Å². The SMILES string of the molecule is CNc1cccc2c(OC(C)C)ncc(C)c12. The molecule has 0 aliphatic rings. The summed E-state index contributed by atoms with van der Waals surface area (Å²) in [4.78, 5) is 4.37. The van der Waals surface area contributed by atoms with Crippen LogP contribution < -0.4 is 10.1 Å². The standard InChI is InChI=1S/C14H18N2O/c1-9(2)17-14-11-6-5-7-12(15-4)13(11)10(3)8-16-14/h5-9,15H,1-4H3.